The third-order valence-corrected chi connectivity index (χ3v) is 4.09. The molecule has 1 atom stereocenters. The van der Waals surface area contributed by atoms with Gasteiger partial charge < -0.3 is 5.32 Å². The van der Waals surface area contributed by atoms with Gasteiger partial charge in [0.05, 0.1) is 5.54 Å². The summed E-state index contributed by atoms with van der Waals surface area (Å²) >= 11 is 5.99. The van der Waals surface area contributed by atoms with Crippen LogP contribution in [0.15, 0.2) is 24.3 Å². The molecule has 2 nitrogen and oxygen atoms in total. The van der Waals surface area contributed by atoms with Crippen molar-refractivity contribution < 1.29 is 4.79 Å². The molecule has 1 aromatic carbocycles. The molecule has 0 amide bonds. The molecule has 0 saturated carbocycles. The van der Waals surface area contributed by atoms with Crippen molar-refractivity contribution in [3.8, 4) is 0 Å². The van der Waals surface area contributed by atoms with Crippen molar-refractivity contribution in [2.75, 3.05) is 7.05 Å². The highest BCUT2D eigenvalue weighted by Crippen LogP contribution is 2.34. The number of carbonyl (C=O) groups excluding carboxylic acids is 1. The van der Waals surface area contributed by atoms with Crippen molar-refractivity contribution in [1.29, 1.82) is 0 Å². The molecule has 0 aromatic heterocycles. The largest absolute Gasteiger partial charge is 0.308 e. The maximum atomic E-state index is 11.7. The van der Waals surface area contributed by atoms with Gasteiger partial charge in [0, 0.05) is 5.02 Å². The second-order valence-electron chi connectivity index (χ2n) is 5.05. The molecule has 1 aromatic rings. The van der Waals surface area contributed by atoms with Crippen molar-refractivity contribution in [3.05, 3.63) is 40.4 Å². The highest BCUT2D eigenvalue weighted by molar-refractivity contribution is 6.30. The lowest BCUT2D eigenvalue weighted by atomic mass is 9.87. The first-order valence-electron chi connectivity index (χ1n) is 6.14. The Bertz CT molecular complexity index is 521. The quantitative estimate of drug-likeness (QED) is 0.904. The third kappa shape index (κ3) is 2.36. The Morgan fingerprint density at radius 1 is 1.50 bits per heavy atom. The van der Waals surface area contributed by atoms with Crippen LogP contribution < -0.4 is 5.32 Å². The molecule has 18 heavy (non-hydrogen) atoms. The van der Waals surface area contributed by atoms with Crippen molar-refractivity contribution >= 4 is 23.0 Å². The lowest BCUT2D eigenvalue weighted by Gasteiger charge is -2.27. The molecule has 0 bridgehead atoms. The molecule has 0 saturated heterocycles. The second kappa shape index (κ2) is 4.87. The minimum absolute atomic E-state index is 0.160. The summed E-state index contributed by atoms with van der Waals surface area (Å²) in [6, 6.07) is 5.96. The number of halogens is 1. The number of hydrogen-bond donors (Lipinski definition) is 1. The fourth-order valence-electron chi connectivity index (χ4n) is 2.32. The summed E-state index contributed by atoms with van der Waals surface area (Å²) in [6.07, 6.45) is 3.82. The van der Waals surface area contributed by atoms with E-state index in [2.05, 4.69) is 11.4 Å². The molecule has 0 unspecified atom stereocenters. The van der Waals surface area contributed by atoms with E-state index < -0.39 is 5.54 Å². The predicted octanol–water partition coefficient (Wildman–Crippen LogP) is 3.24. The van der Waals surface area contributed by atoms with Crippen LogP contribution in [0.4, 0.5) is 0 Å². The summed E-state index contributed by atoms with van der Waals surface area (Å²) in [5.41, 5.74) is 3.21. The van der Waals surface area contributed by atoms with Crippen molar-refractivity contribution in [3.63, 3.8) is 0 Å². The summed E-state index contributed by atoms with van der Waals surface area (Å²) < 4.78 is 0. The summed E-state index contributed by atoms with van der Waals surface area (Å²) in [7, 11) is 1.83. The number of likely N-dealkylation sites (N-methyl/N-ethyl adjacent to an activating group) is 1. The lowest BCUT2D eigenvalue weighted by molar-refractivity contribution is -0.122. The Labute approximate surface area is 113 Å². The highest BCUT2D eigenvalue weighted by Gasteiger charge is 2.30. The lowest BCUT2D eigenvalue weighted by Crippen LogP contribution is -2.46. The molecule has 1 aliphatic rings. The average Bonchev–Trinajstić information content (AvgIpc) is 2.71. The van der Waals surface area contributed by atoms with Crippen LogP contribution in [0.3, 0.4) is 0 Å². The van der Waals surface area contributed by atoms with Crippen LogP contribution in [-0.4, -0.2) is 18.4 Å². The zero-order valence-corrected chi connectivity index (χ0v) is 11.8. The molecule has 1 aliphatic carbocycles. The molecule has 2 rings (SSSR count). The molecular formula is C15H18ClNO. The van der Waals surface area contributed by atoms with Gasteiger partial charge in [-0.3, -0.25) is 4.79 Å². The van der Waals surface area contributed by atoms with Gasteiger partial charge in [-0.25, -0.2) is 0 Å². The van der Waals surface area contributed by atoms with E-state index in [-0.39, 0.29) is 5.78 Å². The van der Waals surface area contributed by atoms with E-state index in [0.29, 0.717) is 6.42 Å². The number of carbonyl (C=O) groups is 1. The first-order valence-corrected chi connectivity index (χ1v) is 6.52. The summed E-state index contributed by atoms with van der Waals surface area (Å²) in [4.78, 5) is 11.7. The van der Waals surface area contributed by atoms with Gasteiger partial charge in [-0.05, 0) is 62.6 Å². The SMILES string of the molecule is CN[C@@](C)(CC1=CCc2cc(Cl)ccc21)C(C)=O. The Morgan fingerprint density at radius 3 is 2.83 bits per heavy atom. The molecule has 0 heterocycles. The van der Waals surface area contributed by atoms with E-state index >= 15 is 0 Å². The maximum Gasteiger partial charge on any atom is 0.149 e. The Kier molecular flexibility index (Phi) is 3.60. The zero-order chi connectivity index (χ0) is 13.3. The van der Waals surface area contributed by atoms with Gasteiger partial charge in [-0.1, -0.05) is 23.7 Å². The van der Waals surface area contributed by atoms with Gasteiger partial charge >= 0.3 is 0 Å². The standard InChI is InChI=1S/C15H18ClNO/c1-10(18)15(2,17-3)9-12-5-4-11-8-13(16)6-7-14(11)12/h5-8,17H,4,9H2,1-3H3/t15-/m0/s1. The number of allylic oxidation sites excluding steroid dienone is 1. The van der Waals surface area contributed by atoms with E-state index in [9.17, 15) is 4.79 Å². The van der Waals surface area contributed by atoms with Crippen molar-refractivity contribution in [2.45, 2.75) is 32.2 Å². The molecular weight excluding hydrogens is 246 g/mol. The third-order valence-electron chi connectivity index (χ3n) is 3.85. The number of nitrogens with one attached hydrogen (secondary N) is 1. The van der Waals surface area contributed by atoms with E-state index in [1.807, 2.05) is 32.2 Å². The molecule has 96 valence electrons. The Balaban J connectivity index is 2.27. The van der Waals surface area contributed by atoms with Crippen molar-refractivity contribution in [1.82, 2.24) is 5.32 Å². The van der Waals surface area contributed by atoms with Crippen LogP contribution in [0.25, 0.3) is 5.57 Å². The smallest absolute Gasteiger partial charge is 0.149 e. The van der Waals surface area contributed by atoms with Crippen molar-refractivity contribution in [2.24, 2.45) is 0 Å². The number of hydrogen-bond acceptors (Lipinski definition) is 2. The predicted molar refractivity (Wildman–Crippen MR) is 75.9 cm³/mol. The Morgan fingerprint density at radius 2 is 2.22 bits per heavy atom. The maximum absolute atomic E-state index is 11.7. The molecule has 0 aliphatic heterocycles. The first kappa shape index (κ1) is 13.3. The summed E-state index contributed by atoms with van der Waals surface area (Å²) in [5, 5.41) is 3.90. The van der Waals surface area contributed by atoms with Gasteiger partial charge in [0.15, 0.2) is 0 Å². The second-order valence-corrected chi connectivity index (χ2v) is 5.49. The monoisotopic (exact) mass is 263 g/mol. The Hall–Kier alpha value is -1.12. The normalized spacial score (nSPS) is 17.0. The van der Waals surface area contributed by atoms with Gasteiger partial charge in [0.25, 0.3) is 0 Å². The van der Waals surface area contributed by atoms with Crippen LogP contribution in [0.1, 0.15) is 31.4 Å². The first-order chi connectivity index (χ1) is 8.46. The fraction of sp³-hybridized carbons (Fsp3) is 0.400. The number of ketones is 1. The molecule has 0 fully saturated rings. The minimum atomic E-state index is -0.493. The fourth-order valence-corrected chi connectivity index (χ4v) is 2.52. The van der Waals surface area contributed by atoms with Gasteiger partial charge in [-0.2, -0.15) is 0 Å². The van der Waals surface area contributed by atoms with E-state index in [4.69, 9.17) is 11.6 Å². The average molecular weight is 264 g/mol. The van der Waals surface area contributed by atoms with Crippen LogP contribution in [0.5, 0.6) is 0 Å². The van der Waals surface area contributed by atoms with Gasteiger partial charge in [-0.15, -0.1) is 0 Å². The number of benzene rings is 1. The van der Waals surface area contributed by atoms with Crippen LogP contribution in [0.2, 0.25) is 5.02 Å². The summed E-state index contributed by atoms with van der Waals surface area (Å²) in [6.45, 7) is 3.58. The molecule has 3 heteroatoms. The minimum Gasteiger partial charge on any atom is -0.308 e. The zero-order valence-electron chi connectivity index (χ0n) is 11.0. The van der Waals surface area contributed by atoms with Crippen LogP contribution >= 0.6 is 11.6 Å². The summed E-state index contributed by atoms with van der Waals surface area (Å²) in [5.74, 6) is 0.160. The van der Waals surface area contributed by atoms with E-state index in [1.54, 1.807) is 6.92 Å². The molecule has 1 N–H and O–H groups in total. The number of rotatable bonds is 4. The topological polar surface area (TPSA) is 29.1 Å². The highest BCUT2D eigenvalue weighted by atomic mass is 35.5. The molecule has 0 spiro atoms. The van der Waals surface area contributed by atoms with E-state index in [0.717, 1.165) is 11.4 Å². The van der Waals surface area contributed by atoms with Crippen LogP contribution in [-0.2, 0) is 11.2 Å². The van der Waals surface area contributed by atoms with Gasteiger partial charge in [0.2, 0.25) is 0 Å². The number of Topliss-reactive ketones (excluding diaryl/α,β-unsaturated/α-hetero) is 1. The van der Waals surface area contributed by atoms with E-state index in [1.165, 1.54) is 16.7 Å². The number of fused-ring (bicyclic) bond motifs is 1. The van der Waals surface area contributed by atoms with Crippen LogP contribution in [0, 0.1) is 0 Å². The van der Waals surface area contributed by atoms with Gasteiger partial charge in [0.1, 0.15) is 5.78 Å². The molecule has 0 radical (unpaired) electrons.